The van der Waals surface area contributed by atoms with Crippen molar-refractivity contribution in [3.8, 4) is 0 Å². The summed E-state index contributed by atoms with van der Waals surface area (Å²) in [4.78, 5) is 12.0. The number of hydrogen-bond acceptors (Lipinski definition) is 4. The number of anilines is 1. The zero-order chi connectivity index (χ0) is 14.7. The maximum atomic E-state index is 12.0. The first-order valence-electron chi connectivity index (χ1n) is 5.34. The number of carbonyl (C=O) groups is 1. The minimum atomic E-state index is -0.259. The molecule has 0 aliphatic carbocycles. The Kier molecular flexibility index (Phi) is 4.64. The molecule has 0 aliphatic heterocycles. The minimum Gasteiger partial charge on any atom is -0.409 e. The third kappa shape index (κ3) is 3.30. The second-order valence-corrected chi connectivity index (χ2v) is 6.47. The maximum Gasteiger partial charge on any atom is 0.256 e. The standard InChI is InChI=1S/C12H9BrClN3O2S/c13-10-4-7(5-20-10)12(18)16-9-2-1-6(3-8(9)14)11(15)17-19/h1-5,19H,(H2,15,17)(H,16,18). The van der Waals surface area contributed by atoms with Gasteiger partial charge in [0, 0.05) is 10.9 Å². The van der Waals surface area contributed by atoms with E-state index in [1.165, 1.54) is 17.4 Å². The Balaban J connectivity index is 2.20. The van der Waals surface area contributed by atoms with Gasteiger partial charge in [0.15, 0.2) is 5.84 Å². The number of oxime groups is 1. The molecule has 0 saturated carbocycles. The summed E-state index contributed by atoms with van der Waals surface area (Å²) in [6, 6.07) is 6.42. The van der Waals surface area contributed by atoms with Crippen molar-refractivity contribution in [3.63, 3.8) is 0 Å². The lowest BCUT2D eigenvalue weighted by Crippen LogP contribution is -2.14. The molecule has 1 aromatic heterocycles. The van der Waals surface area contributed by atoms with Crippen molar-refractivity contribution in [1.82, 2.24) is 0 Å². The van der Waals surface area contributed by atoms with Gasteiger partial charge in [-0.1, -0.05) is 16.8 Å². The topological polar surface area (TPSA) is 87.7 Å². The Labute approximate surface area is 132 Å². The molecule has 5 nitrogen and oxygen atoms in total. The largest absolute Gasteiger partial charge is 0.409 e. The van der Waals surface area contributed by atoms with E-state index in [2.05, 4.69) is 26.4 Å². The fourth-order valence-electron chi connectivity index (χ4n) is 1.46. The molecule has 2 rings (SSSR count). The molecule has 8 heteroatoms. The van der Waals surface area contributed by atoms with Gasteiger partial charge >= 0.3 is 0 Å². The van der Waals surface area contributed by atoms with E-state index in [1.54, 1.807) is 23.6 Å². The van der Waals surface area contributed by atoms with E-state index in [0.717, 1.165) is 3.79 Å². The summed E-state index contributed by atoms with van der Waals surface area (Å²) in [5, 5.41) is 16.2. The van der Waals surface area contributed by atoms with Crippen LogP contribution < -0.4 is 11.1 Å². The molecule has 4 N–H and O–H groups in total. The third-order valence-corrected chi connectivity index (χ3v) is 4.27. The lowest BCUT2D eigenvalue weighted by Gasteiger charge is -2.07. The predicted octanol–water partition coefficient (Wildman–Crippen LogP) is 3.51. The molecule has 20 heavy (non-hydrogen) atoms. The van der Waals surface area contributed by atoms with Gasteiger partial charge in [0.25, 0.3) is 5.91 Å². The summed E-state index contributed by atoms with van der Waals surface area (Å²) in [5.74, 6) is -0.308. The molecule has 0 aliphatic rings. The zero-order valence-corrected chi connectivity index (χ0v) is 13.1. The molecule has 0 atom stereocenters. The van der Waals surface area contributed by atoms with Crippen molar-refractivity contribution in [1.29, 1.82) is 0 Å². The average Bonchev–Trinajstić information content (AvgIpc) is 2.86. The first-order valence-corrected chi connectivity index (χ1v) is 7.39. The quantitative estimate of drug-likeness (QED) is 0.332. The summed E-state index contributed by atoms with van der Waals surface area (Å²) < 4.78 is 0.871. The summed E-state index contributed by atoms with van der Waals surface area (Å²) in [6.07, 6.45) is 0. The van der Waals surface area contributed by atoms with Gasteiger partial charge in [0.2, 0.25) is 0 Å². The monoisotopic (exact) mass is 373 g/mol. The number of nitrogens with one attached hydrogen (secondary N) is 1. The van der Waals surface area contributed by atoms with Crippen molar-refractivity contribution in [2.45, 2.75) is 0 Å². The highest BCUT2D eigenvalue weighted by molar-refractivity contribution is 9.11. The maximum absolute atomic E-state index is 12.0. The molecule has 2 aromatic rings. The number of halogens is 2. The van der Waals surface area contributed by atoms with E-state index in [0.29, 0.717) is 21.8 Å². The van der Waals surface area contributed by atoms with Gasteiger partial charge in [0.05, 0.1) is 20.1 Å². The number of benzene rings is 1. The Bertz CT molecular complexity index is 687. The van der Waals surface area contributed by atoms with Gasteiger partial charge in [-0.05, 0) is 40.2 Å². The van der Waals surface area contributed by atoms with E-state index in [-0.39, 0.29) is 11.7 Å². The van der Waals surface area contributed by atoms with E-state index in [1.807, 2.05) is 0 Å². The third-order valence-electron chi connectivity index (χ3n) is 2.45. The lowest BCUT2D eigenvalue weighted by atomic mass is 10.2. The SMILES string of the molecule is N/C(=N/O)c1ccc(NC(=O)c2csc(Br)c2)c(Cl)c1. The fourth-order valence-corrected chi connectivity index (χ4v) is 2.82. The van der Waals surface area contributed by atoms with Gasteiger partial charge in [0.1, 0.15) is 0 Å². The number of rotatable bonds is 3. The van der Waals surface area contributed by atoms with Gasteiger partial charge in [-0.25, -0.2) is 0 Å². The van der Waals surface area contributed by atoms with Gasteiger partial charge in [-0.3, -0.25) is 4.79 Å². The Morgan fingerprint density at radius 3 is 2.70 bits per heavy atom. The zero-order valence-electron chi connectivity index (χ0n) is 9.93. The Hall–Kier alpha value is -1.57. The normalized spacial score (nSPS) is 11.4. The number of thiophene rings is 1. The van der Waals surface area contributed by atoms with Crippen LogP contribution in [-0.4, -0.2) is 17.0 Å². The molecule has 0 bridgehead atoms. The number of carbonyl (C=O) groups excluding carboxylic acids is 1. The molecular formula is C12H9BrClN3O2S. The van der Waals surface area contributed by atoms with E-state index < -0.39 is 0 Å². The highest BCUT2D eigenvalue weighted by Crippen LogP contribution is 2.25. The van der Waals surface area contributed by atoms with Crippen LogP contribution in [-0.2, 0) is 0 Å². The van der Waals surface area contributed by atoms with Crippen LogP contribution in [0, 0.1) is 0 Å². The molecule has 0 radical (unpaired) electrons. The van der Waals surface area contributed by atoms with Crippen molar-refractivity contribution in [2.75, 3.05) is 5.32 Å². The van der Waals surface area contributed by atoms with Gasteiger partial charge in [-0.2, -0.15) is 0 Å². The van der Waals surface area contributed by atoms with Crippen molar-refractivity contribution >= 4 is 56.3 Å². The number of amidine groups is 1. The number of amides is 1. The van der Waals surface area contributed by atoms with E-state index >= 15 is 0 Å². The average molecular weight is 375 g/mol. The van der Waals surface area contributed by atoms with E-state index in [9.17, 15) is 4.79 Å². The molecule has 1 heterocycles. The summed E-state index contributed by atoms with van der Waals surface area (Å²) >= 11 is 10.8. The Morgan fingerprint density at radius 2 is 2.15 bits per heavy atom. The Morgan fingerprint density at radius 1 is 1.40 bits per heavy atom. The van der Waals surface area contributed by atoms with Crippen LogP contribution in [0.1, 0.15) is 15.9 Å². The molecule has 0 fully saturated rings. The molecule has 0 unspecified atom stereocenters. The summed E-state index contributed by atoms with van der Waals surface area (Å²) in [7, 11) is 0. The van der Waals surface area contributed by atoms with Crippen LogP contribution in [0.15, 0.2) is 38.6 Å². The van der Waals surface area contributed by atoms with Gasteiger partial charge < -0.3 is 16.3 Å². The predicted molar refractivity (Wildman–Crippen MR) is 83.9 cm³/mol. The number of hydrogen-bond donors (Lipinski definition) is 3. The number of nitrogens with zero attached hydrogens (tertiary/aromatic N) is 1. The van der Waals surface area contributed by atoms with E-state index in [4.69, 9.17) is 22.5 Å². The smallest absolute Gasteiger partial charge is 0.256 e. The van der Waals surface area contributed by atoms with Crippen molar-refractivity contribution in [2.24, 2.45) is 10.9 Å². The molecule has 104 valence electrons. The number of nitrogens with two attached hydrogens (primary N) is 1. The molecule has 0 spiro atoms. The summed E-state index contributed by atoms with van der Waals surface area (Å²) in [6.45, 7) is 0. The fraction of sp³-hybridized carbons (Fsp3) is 0. The van der Waals surface area contributed by atoms with Crippen LogP contribution in [0.3, 0.4) is 0 Å². The van der Waals surface area contributed by atoms with Crippen LogP contribution >= 0.6 is 38.9 Å². The molecule has 0 saturated heterocycles. The molecule has 1 aromatic carbocycles. The molecular weight excluding hydrogens is 366 g/mol. The second kappa shape index (κ2) is 6.25. The van der Waals surface area contributed by atoms with Gasteiger partial charge in [-0.15, -0.1) is 11.3 Å². The first kappa shape index (κ1) is 14.8. The lowest BCUT2D eigenvalue weighted by molar-refractivity contribution is 0.102. The van der Waals surface area contributed by atoms with Crippen LogP contribution in [0.5, 0.6) is 0 Å². The van der Waals surface area contributed by atoms with Crippen LogP contribution in [0.4, 0.5) is 5.69 Å². The second-order valence-electron chi connectivity index (χ2n) is 3.77. The summed E-state index contributed by atoms with van der Waals surface area (Å²) in [5.41, 5.74) is 6.92. The highest BCUT2D eigenvalue weighted by Gasteiger charge is 2.11. The van der Waals surface area contributed by atoms with Crippen molar-refractivity contribution < 1.29 is 10.0 Å². The van der Waals surface area contributed by atoms with Crippen molar-refractivity contribution in [3.05, 3.63) is 49.6 Å². The molecule has 1 amide bonds. The first-order chi connectivity index (χ1) is 9.51. The van der Waals surface area contributed by atoms with Crippen LogP contribution in [0.2, 0.25) is 5.02 Å². The van der Waals surface area contributed by atoms with Crippen LogP contribution in [0.25, 0.3) is 0 Å². The highest BCUT2D eigenvalue weighted by atomic mass is 79.9. The minimum absolute atomic E-state index is 0.0495.